The van der Waals surface area contributed by atoms with Crippen molar-refractivity contribution >= 4 is 10.0 Å². The van der Waals surface area contributed by atoms with E-state index in [0.29, 0.717) is 11.4 Å². The van der Waals surface area contributed by atoms with E-state index in [1.165, 1.54) is 0 Å². The summed E-state index contributed by atoms with van der Waals surface area (Å²) < 4.78 is 27.2. The summed E-state index contributed by atoms with van der Waals surface area (Å²) in [4.78, 5) is 2.61. The predicted octanol–water partition coefficient (Wildman–Crippen LogP) is 1.63. The average molecular weight is 282 g/mol. The molecule has 1 aliphatic rings. The van der Waals surface area contributed by atoms with Gasteiger partial charge in [-0.25, -0.2) is 8.42 Å². The normalized spacial score (nSPS) is 22.6. The van der Waals surface area contributed by atoms with E-state index in [4.69, 9.17) is 0 Å². The first-order valence-electron chi connectivity index (χ1n) is 6.60. The van der Waals surface area contributed by atoms with Crippen LogP contribution in [0, 0.1) is 13.8 Å². The first-order chi connectivity index (χ1) is 8.82. The third-order valence-electron chi connectivity index (χ3n) is 3.70. The van der Waals surface area contributed by atoms with Gasteiger partial charge in [-0.05, 0) is 45.0 Å². The van der Waals surface area contributed by atoms with Crippen LogP contribution < -0.4 is 0 Å². The SMILES string of the molecule is Cc1ccc(C)c(S(=O)(=O)N2CCN(C)CC2C)c1. The quantitative estimate of drug-likeness (QED) is 0.828. The van der Waals surface area contributed by atoms with Crippen molar-refractivity contribution in [1.82, 2.24) is 9.21 Å². The van der Waals surface area contributed by atoms with Crippen LogP contribution in [0.1, 0.15) is 18.1 Å². The summed E-state index contributed by atoms with van der Waals surface area (Å²) in [6.07, 6.45) is 0. The summed E-state index contributed by atoms with van der Waals surface area (Å²) in [6, 6.07) is 5.61. The molecule has 0 aromatic heterocycles. The van der Waals surface area contributed by atoms with Gasteiger partial charge in [0, 0.05) is 25.7 Å². The molecule has 1 aromatic rings. The van der Waals surface area contributed by atoms with Crippen LogP contribution in [0.15, 0.2) is 23.1 Å². The Kier molecular flexibility index (Phi) is 3.99. The van der Waals surface area contributed by atoms with Gasteiger partial charge in [0.2, 0.25) is 10.0 Å². The van der Waals surface area contributed by atoms with Crippen molar-refractivity contribution in [2.24, 2.45) is 0 Å². The molecule has 1 saturated heterocycles. The van der Waals surface area contributed by atoms with Gasteiger partial charge in [0.15, 0.2) is 0 Å². The molecule has 1 atom stereocenters. The fourth-order valence-electron chi connectivity index (χ4n) is 2.59. The van der Waals surface area contributed by atoms with Crippen molar-refractivity contribution in [3.05, 3.63) is 29.3 Å². The van der Waals surface area contributed by atoms with Crippen LogP contribution in [0.3, 0.4) is 0 Å². The molecule has 0 amide bonds. The van der Waals surface area contributed by atoms with Gasteiger partial charge in [-0.15, -0.1) is 0 Å². The van der Waals surface area contributed by atoms with Crippen LogP contribution in [0.5, 0.6) is 0 Å². The molecule has 0 bridgehead atoms. The largest absolute Gasteiger partial charge is 0.303 e. The summed E-state index contributed by atoms with van der Waals surface area (Å²) in [5.74, 6) is 0. The highest BCUT2D eigenvalue weighted by Gasteiger charge is 2.33. The van der Waals surface area contributed by atoms with Gasteiger partial charge in [0.05, 0.1) is 4.90 Å². The van der Waals surface area contributed by atoms with Crippen LogP contribution in [0.25, 0.3) is 0 Å². The molecule has 1 heterocycles. The molecule has 2 rings (SSSR count). The molecule has 1 aromatic carbocycles. The zero-order valence-corrected chi connectivity index (χ0v) is 12.9. The number of benzene rings is 1. The number of rotatable bonds is 2. The van der Waals surface area contributed by atoms with Gasteiger partial charge in [-0.3, -0.25) is 0 Å². The van der Waals surface area contributed by atoms with Crippen molar-refractivity contribution < 1.29 is 8.42 Å². The molecule has 0 radical (unpaired) electrons. The first kappa shape index (κ1) is 14.5. The van der Waals surface area contributed by atoms with E-state index < -0.39 is 10.0 Å². The minimum Gasteiger partial charge on any atom is -0.303 e. The average Bonchev–Trinajstić information content (AvgIpc) is 2.31. The lowest BCUT2D eigenvalue weighted by Crippen LogP contribution is -2.52. The van der Waals surface area contributed by atoms with E-state index in [2.05, 4.69) is 4.90 Å². The summed E-state index contributed by atoms with van der Waals surface area (Å²) in [5, 5.41) is 0. The molecule has 1 unspecified atom stereocenters. The summed E-state index contributed by atoms with van der Waals surface area (Å²) >= 11 is 0. The van der Waals surface area contributed by atoms with Gasteiger partial charge < -0.3 is 4.90 Å². The third-order valence-corrected chi connectivity index (χ3v) is 5.86. The Morgan fingerprint density at radius 1 is 1.21 bits per heavy atom. The molecule has 5 heteroatoms. The highest BCUT2D eigenvalue weighted by Crippen LogP contribution is 2.24. The zero-order chi connectivity index (χ0) is 14.2. The fraction of sp³-hybridized carbons (Fsp3) is 0.571. The lowest BCUT2D eigenvalue weighted by Gasteiger charge is -2.37. The smallest absolute Gasteiger partial charge is 0.243 e. The van der Waals surface area contributed by atoms with Gasteiger partial charge in [-0.2, -0.15) is 4.31 Å². The third kappa shape index (κ3) is 2.83. The maximum absolute atomic E-state index is 12.8. The molecule has 0 aliphatic carbocycles. The van der Waals surface area contributed by atoms with Crippen molar-refractivity contribution in [2.45, 2.75) is 31.7 Å². The first-order valence-corrected chi connectivity index (χ1v) is 8.04. The van der Waals surface area contributed by atoms with E-state index in [0.717, 1.165) is 24.2 Å². The summed E-state index contributed by atoms with van der Waals surface area (Å²) in [7, 11) is -1.35. The number of hydrogen-bond acceptors (Lipinski definition) is 3. The van der Waals surface area contributed by atoms with Gasteiger partial charge in [0.1, 0.15) is 0 Å². The van der Waals surface area contributed by atoms with Crippen LogP contribution in [0.2, 0.25) is 0 Å². The number of aryl methyl sites for hydroxylation is 2. The van der Waals surface area contributed by atoms with Crippen LogP contribution >= 0.6 is 0 Å². The Bertz CT molecular complexity index is 569. The van der Waals surface area contributed by atoms with Crippen molar-refractivity contribution in [2.75, 3.05) is 26.7 Å². The maximum Gasteiger partial charge on any atom is 0.243 e. The van der Waals surface area contributed by atoms with Crippen LogP contribution in [-0.2, 0) is 10.0 Å². The van der Waals surface area contributed by atoms with Gasteiger partial charge in [0.25, 0.3) is 0 Å². The highest BCUT2D eigenvalue weighted by molar-refractivity contribution is 7.89. The number of likely N-dealkylation sites (N-methyl/N-ethyl adjacent to an activating group) is 1. The number of piperazine rings is 1. The number of hydrogen-bond donors (Lipinski definition) is 0. The second-order valence-electron chi connectivity index (χ2n) is 5.50. The second-order valence-corrected chi connectivity index (χ2v) is 7.35. The second kappa shape index (κ2) is 5.23. The Balaban J connectivity index is 2.39. The van der Waals surface area contributed by atoms with Crippen molar-refractivity contribution in [3.8, 4) is 0 Å². The van der Waals surface area contributed by atoms with Crippen molar-refractivity contribution in [1.29, 1.82) is 0 Å². The molecule has 106 valence electrons. The van der Waals surface area contributed by atoms with Crippen LogP contribution in [0.4, 0.5) is 0 Å². The van der Waals surface area contributed by atoms with E-state index in [1.807, 2.05) is 40.0 Å². The molecule has 19 heavy (non-hydrogen) atoms. The molecular formula is C14H22N2O2S. The summed E-state index contributed by atoms with van der Waals surface area (Å²) in [6.45, 7) is 7.88. The van der Waals surface area contributed by atoms with Gasteiger partial charge in [-0.1, -0.05) is 12.1 Å². The minimum absolute atomic E-state index is 0.0173. The molecule has 1 fully saturated rings. The Labute approximate surface area is 116 Å². The molecule has 1 aliphatic heterocycles. The number of sulfonamides is 1. The maximum atomic E-state index is 12.8. The van der Waals surface area contributed by atoms with E-state index in [1.54, 1.807) is 10.4 Å². The molecular weight excluding hydrogens is 260 g/mol. The Morgan fingerprint density at radius 3 is 2.53 bits per heavy atom. The Morgan fingerprint density at radius 2 is 1.89 bits per heavy atom. The predicted molar refractivity (Wildman–Crippen MR) is 76.8 cm³/mol. The lowest BCUT2D eigenvalue weighted by atomic mass is 10.2. The monoisotopic (exact) mass is 282 g/mol. The summed E-state index contributed by atoms with van der Waals surface area (Å²) in [5.41, 5.74) is 1.79. The van der Waals surface area contributed by atoms with E-state index in [9.17, 15) is 8.42 Å². The number of nitrogens with zero attached hydrogens (tertiary/aromatic N) is 2. The standard InChI is InChI=1S/C14H22N2O2S/c1-11-5-6-12(2)14(9-11)19(17,18)16-8-7-15(4)10-13(16)3/h5-6,9,13H,7-8,10H2,1-4H3. The lowest BCUT2D eigenvalue weighted by molar-refractivity contribution is 0.170. The minimum atomic E-state index is -3.38. The van der Waals surface area contributed by atoms with E-state index in [-0.39, 0.29) is 6.04 Å². The van der Waals surface area contributed by atoms with Crippen molar-refractivity contribution in [3.63, 3.8) is 0 Å². The highest BCUT2D eigenvalue weighted by atomic mass is 32.2. The molecule has 0 N–H and O–H groups in total. The van der Waals surface area contributed by atoms with Crippen LogP contribution in [-0.4, -0.2) is 50.3 Å². The Hall–Kier alpha value is -0.910. The van der Waals surface area contributed by atoms with E-state index >= 15 is 0 Å². The molecule has 0 saturated carbocycles. The molecule has 4 nitrogen and oxygen atoms in total. The zero-order valence-electron chi connectivity index (χ0n) is 12.0. The van der Waals surface area contributed by atoms with Gasteiger partial charge >= 0.3 is 0 Å². The fourth-order valence-corrected chi connectivity index (χ4v) is 4.52. The molecule has 0 spiro atoms. The topological polar surface area (TPSA) is 40.6 Å².